The van der Waals surface area contributed by atoms with Crippen LogP contribution < -0.4 is 0 Å². The molecule has 110 valence electrons. The number of pyridine rings is 1. The zero-order valence-electron chi connectivity index (χ0n) is 11.7. The number of hydrogen-bond donors (Lipinski definition) is 0. The molecule has 0 atom stereocenters. The average Bonchev–Trinajstić information content (AvgIpc) is 2.49. The smallest absolute Gasteiger partial charge is 0.274 e. The average molecular weight is 323 g/mol. The highest BCUT2D eigenvalue weighted by molar-refractivity contribution is 6.34. The van der Waals surface area contributed by atoms with Crippen molar-refractivity contribution >= 4 is 29.1 Å². The van der Waals surface area contributed by atoms with Crippen molar-refractivity contribution in [1.82, 2.24) is 9.88 Å². The van der Waals surface area contributed by atoms with Gasteiger partial charge in [-0.3, -0.25) is 4.79 Å². The molecule has 5 heteroatoms. The molecule has 0 saturated carbocycles. The Balaban J connectivity index is 2.25. The number of carbonyl (C=O) groups is 1. The van der Waals surface area contributed by atoms with Gasteiger partial charge in [-0.05, 0) is 24.1 Å². The summed E-state index contributed by atoms with van der Waals surface area (Å²) in [6, 6.07) is 13.0. The summed E-state index contributed by atoms with van der Waals surface area (Å²) < 4.78 is 0. The summed E-state index contributed by atoms with van der Waals surface area (Å²) in [6.07, 6.45) is 0.858. The van der Waals surface area contributed by atoms with Crippen LogP contribution in [0.15, 0.2) is 42.5 Å². The van der Waals surface area contributed by atoms with Gasteiger partial charge < -0.3 is 4.90 Å². The number of aromatic nitrogens is 1. The zero-order chi connectivity index (χ0) is 15.2. The molecule has 0 unspecified atom stereocenters. The Labute approximate surface area is 134 Å². The van der Waals surface area contributed by atoms with E-state index in [1.807, 2.05) is 37.3 Å². The molecule has 2 aromatic rings. The Morgan fingerprint density at radius 3 is 2.52 bits per heavy atom. The van der Waals surface area contributed by atoms with Crippen LogP contribution in [0.4, 0.5) is 0 Å². The summed E-state index contributed by atoms with van der Waals surface area (Å²) in [7, 11) is 0. The van der Waals surface area contributed by atoms with Gasteiger partial charge in [0.1, 0.15) is 10.8 Å². The Bertz CT molecular complexity index is 617. The first-order valence-electron chi connectivity index (χ1n) is 6.77. The van der Waals surface area contributed by atoms with Gasteiger partial charge in [-0.2, -0.15) is 0 Å². The highest BCUT2D eigenvalue weighted by atomic mass is 35.5. The molecule has 0 N–H and O–H groups in total. The molecule has 0 spiro atoms. The summed E-state index contributed by atoms with van der Waals surface area (Å²) in [5, 5.41) is 0.581. The lowest BCUT2D eigenvalue weighted by Crippen LogP contribution is -2.32. The first-order chi connectivity index (χ1) is 10.1. The van der Waals surface area contributed by atoms with Crippen molar-refractivity contribution in [3.05, 3.63) is 63.9 Å². The third-order valence-electron chi connectivity index (χ3n) is 3.01. The number of benzene rings is 1. The van der Waals surface area contributed by atoms with Gasteiger partial charge in [-0.1, -0.05) is 60.5 Å². The molecule has 0 saturated heterocycles. The van der Waals surface area contributed by atoms with E-state index >= 15 is 0 Å². The molecule has 1 heterocycles. The fraction of sp³-hybridized carbons (Fsp3) is 0.250. The molecule has 3 nitrogen and oxygen atoms in total. The SMILES string of the molecule is CCCN(Cc1ccccc1)C(=O)c1nc(Cl)ccc1Cl. The van der Waals surface area contributed by atoms with Crippen molar-refractivity contribution in [2.45, 2.75) is 19.9 Å². The van der Waals surface area contributed by atoms with Gasteiger partial charge in [0, 0.05) is 13.1 Å². The maximum atomic E-state index is 12.6. The maximum Gasteiger partial charge on any atom is 0.274 e. The Morgan fingerprint density at radius 1 is 1.14 bits per heavy atom. The van der Waals surface area contributed by atoms with Gasteiger partial charge in [0.2, 0.25) is 0 Å². The lowest BCUT2D eigenvalue weighted by atomic mass is 10.2. The van der Waals surface area contributed by atoms with Crippen LogP contribution in [0.25, 0.3) is 0 Å². The summed E-state index contributed by atoms with van der Waals surface area (Å²) in [4.78, 5) is 18.4. The molecule has 0 aliphatic carbocycles. The van der Waals surface area contributed by atoms with Crippen molar-refractivity contribution in [3.63, 3.8) is 0 Å². The summed E-state index contributed by atoms with van der Waals surface area (Å²) in [6.45, 7) is 3.19. The van der Waals surface area contributed by atoms with E-state index in [0.717, 1.165) is 12.0 Å². The van der Waals surface area contributed by atoms with Crippen LogP contribution in [-0.4, -0.2) is 22.3 Å². The van der Waals surface area contributed by atoms with Crippen molar-refractivity contribution in [1.29, 1.82) is 0 Å². The Morgan fingerprint density at radius 2 is 1.86 bits per heavy atom. The van der Waals surface area contributed by atoms with E-state index in [1.165, 1.54) is 0 Å². The lowest BCUT2D eigenvalue weighted by molar-refractivity contribution is 0.0737. The van der Waals surface area contributed by atoms with Crippen LogP contribution in [0.1, 0.15) is 29.4 Å². The first-order valence-corrected chi connectivity index (χ1v) is 7.52. The van der Waals surface area contributed by atoms with Crippen LogP contribution >= 0.6 is 23.2 Å². The van der Waals surface area contributed by atoms with Crippen molar-refractivity contribution < 1.29 is 4.79 Å². The van der Waals surface area contributed by atoms with Gasteiger partial charge in [0.15, 0.2) is 0 Å². The zero-order valence-corrected chi connectivity index (χ0v) is 13.2. The first kappa shape index (κ1) is 15.8. The largest absolute Gasteiger partial charge is 0.333 e. The molecule has 0 radical (unpaired) electrons. The monoisotopic (exact) mass is 322 g/mol. The minimum atomic E-state index is -0.201. The number of rotatable bonds is 5. The number of amides is 1. The van der Waals surface area contributed by atoms with Crippen LogP contribution in [0.3, 0.4) is 0 Å². The van der Waals surface area contributed by atoms with E-state index in [2.05, 4.69) is 4.98 Å². The van der Waals surface area contributed by atoms with Crippen LogP contribution in [0, 0.1) is 0 Å². The van der Waals surface area contributed by atoms with Crippen LogP contribution in [0.5, 0.6) is 0 Å². The second kappa shape index (κ2) is 7.43. The van der Waals surface area contributed by atoms with Crippen molar-refractivity contribution in [2.24, 2.45) is 0 Å². The molecule has 1 aromatic heterocycles. The molecule has 1 amide bonds. The molecule has 1 aromatic carbocycles. The summed E-state index contributed by atoms with van der Waals surface area (Å²) in [5.41, 5.74) is 1.27. The second-order valence-electron chi connectivity index (χ2n) is 4.68. The van der Waals surface area contributed by atoms with E-state index in [0.29, 0.717) is 18.1 Å². The van der Waals surface area contributed by atoms with Gasteiger partial charge in [0.05, 0.1) is 5.02 Å². The third-order valence-corrected chi connectivity index (χ3v) is 3.53. The molecule has 21 heavy (non-hydrogen) atoms. The van der Waals surface area contributed by atoms with E-state index in [-0.39, 0.29) is 16.8 Å². The van der Waals surface area contributed by atoms with Crippen LogP contribution in [0.2, 0.25) is 10.2 Å². The number of halogens is 2. The Kier molecular flexibility index (Phi) is 5.59. The quantitative estimate of drug-likeness (QED) is 0.762. The number of nitrogens with zero attached hydrogens (tertiary/aromatic N) is 2. The molecular formula is C16H16Cl2N2O. The fourth-order valence-corrected chi connectivity index (χ4v) is 2.38. The Hall–Kier alpha value is -1.58. The molecule has 0 aliphatic rings. The molecule has 2 rings (SSSR count). The highest BCUT2D eigenvalue weighted by Gasteiger charge is 2.20. The number of hydrogen-bond acceptors (Lipinski definition) is 2. The lowest BCUT2D eigenvalue weighted by Gasteiger charge is -2.22. The van der Waals surface area contributed by atoms with Crippen molar-refractivity contribution in [3.8, 4) is 0 Å². The molecular weight excluding hydrogens is 307 g/mol. The molecule has 0 bridgehead atoms. The summed E-state index contributed by atoms with van der Waals surface area (Å²) in [5.74, 6) is -0.201. The van der Waals surface area contributed by atoms with Gasteiger partial charge in [-0.25, -0.2) is 4.98 Å². The third kappa shape index (κ3) is 4.19. The standard InChI is InChI=1S/C16H16Cl2N2O/c1-2-10-20(11-12-6-4-3-5-7-12)16(21)15-13(17)8-9-14(18)19-15/h3-9H,2,10-11H2,1H3. The van der Waals surface area contributed by atoms with E-state index in [4.69, 9.17) is 23.2 Å². The van der Waals surface area contributed by atoms with E-state index < -0.39 is 0 Å². The van der Waals surface area contributed by atoms with E-state index in [9.17, 15) is 4.79 Å². The van der Waals surface area contributed by atoms with Gasteiger partial charge in [-0.15, -0.1) is 0 Å². The predicted molar refractivity (Wildman–Crippen MR) is 85.7 cm³/mol. The predicted octanol–water partition coefficient (Wildman–Crippen LogP) is 4.44. The topological polar surface area (TPSA) is 33.2 Å². The second-order valence-corrected chi connectivity index (χ2v) is 5.47. The van der Waals surface area contributed by atoms with Crippen LogP contribution in [-0.2, 0) is 6.54 Å². The minimum absolute atomic E-state index is 0.201. The maximum absolute atomic E-state index is 12.6. The fourth-order valence-electron chi connectivity index (χ4n) is 2.04. The van der Waals surface area contributed by atoms with E-state index in [1.54, 1.807) is 17.0 Å². The highest BCUT2D eigenvalue weighted by Crippen LogP contribution is 2.19. The number of carbonyl (C=O) groups excluding carboxylic acids is 1. The normalized spacial score (nSPS) is 10.4. The van der Waals surface area contributed by atoms with Crippen molar-refractivity contribution in [2.75, 3.05) is 6.54 Å². The summed E-state index contributed by atoms with van der Waals surface area (Å²) >= 11 is 11.9. The van der Waals surface area contributed by atoms with Gasteiger partial charge >= 0.3 is 0 Å². The van der Waals surface area contributed by atoms with Gasteiger partial charge in [0.25, 0.3) is 5.91 Å². The molecule has 0 fully saturated rings. The molecule has 0 aliphatic heterocycles. The minimum Gasteiger partial charge on any atom is -0.333 e.